The standard InChI is InChI=1S/C12H14O7P2/c13-12(20(14,15)16,21(17,18)19)8-9-5-6-10-3-1-2-4-11(10)7-9/h1-7,13H,8H2,(H2,14,15,16)(H2,17,18,19). The minimum Gasteiger partial charge on any atom is -0.367 e. The summed E-state index contributed by atoms with van der Waals surface area (Å²) in [7, 11) is -10.9. The summed E-state index contributed by atoms with van der Waals surface area (Å²) in [6.07, 6.45) is -0.855. The molecule has 0 aliphatic rings. The highest BCUT2D eigenvalue weighted by molar-refractivity contribution is 7.72. The largest absolute Gasteiger partial charge is 0.369 e. The number of benzene rings is 2. The van der Waals surface area contributed by atoms with Gasteiger partial charge in [0, 0.05) is 6.42 Å². The molecule has 21 heavy (non-hydrogen) atoms. The summed E-state index contributed by atoms with van der Waals surface area (Å²) in [5, 5.41) is 8.04. The van der Waals surface area contributed by atoms with Crippen LogP contribution in [0, 0.1) is 0 Å². The molecule has 0 amide bonds. The van der Waals surface area contributed by atoms with E-state index in [0.717, 1.165) is 10.8 Å². The van der Waals surface area contributed by atoms with Gasteiger partial charge in [0.25, 0.3) is 5.08 Å². The zero-order chi connectivity index (χ0) is 15.9. The van der Waals surface area contributed by atoms with Crippen molar-refractivity contribution in [3.8, 4) is 0 Å². The summed E-state index contributed by atoms with van der Waals surface area (Å²) in [6.45, 7) is 0. The predicted molar refractivity (Wildman–Crippen MR) is 76.7 cm³/mol. The normalized spacial score (nSPS) is 13.6. The molecule has 0 heterocycles. The fourth-order valence-corrected chi connectivity index (χ4v) is 4.13. The van der Waals surface area contributed by atoms with Gasteiger partial charge in [0.05, 0.1) is 0 Å². The molecular weight excluding hydrogens is 318 g/mol. The lowest BCUT2D eigenvalue weighted by Gasteiger charge is -2.29. The van der Waals surface area contributed by atoms with E-state index in [4.69, 9.17) is 19.6 Å². The Bertz CT molecular complexity index is 739. The number of rotatable bonds is 4. The minimum atomic E-state index is -5.44. The molecule has 5 N–H and O–H groups in total. The molecule has 0 unspecified atom stereocenters. The van der Waals surface area contributed by atoms with E-state index in [1.807, 2.05) is 12.1 Å². The Hall–Kier alpha value is -1.04. The van der Waals surface area contributed by atoms with Crippen LogP contribution >= 0.6 is 15.2 Å². The Morgan fingerprint density at radius 2 is 1.38 bits per heavy atom. The van der Waals surface area contributed by atoms with E-state index in [1.54, 1.807) is 18.2 Å². The second-order valence-corrected chi connectivity index (χ2v) is 8.73. The molecule has 0 saturated carbocycles. The fraction of sp³-hybridized carbons (Fsp3) is 0.167. The summed E-state index contributed by atoms with van der Waals surface area (Å²) >= 11 is 0. The van der Waals surface area contributed by atoms with E-state index in [-0.39, 0.29) is 5.56 Å². The monoisotopic (exact) mass is 332 g/mol. The van der Waals surface area contributed by atoms with Crippen molar-refractivity contribution in [2.75, 3.05) is 0 Å². The Labute approximate surface area is 120 Å². The number of hydrogen-bond acceptors (Lipinski definition) is 3. The first kappa shape index (κ1) is 16.3. The molecule has 0 aliphatic heterocycles. The molecule has 0 atom stereocenters. The van der Waals surface area contributed by atoms with Gasteiger partial charge in [0.2, 0.25) is 0 Å². The van der Waals surface area contributed by atoms with Crippen LogP contribution in [0.3, 0.4) is 0 Å². The molecule has 9 heteroatoms. The van der Waals surface area contributed by atoms with Gasteiger partial charge in [-0.1, -0.05) is 42.5 Å². The molecule has 0 spiro atoms. The molecule has 114 valence electrons. The molecular formula is C12H14O7P2. The third-order valence-corrected chi connectivity index (χ3v) is 6.93. The van der Waals surface area contributed by atoms with Crippen molar-refractivity contribution in [1.82, 2.24) is 0 Å². The lowest BCUT2D eigenvalue weighted by Crippen LogP contribution is -2.31. The highest BCUT2D eigenvalue weighted by atomic mass is 31.2. The van der Waals surface area contributed by atoms with Gasteiger partial charge in [0.15, 0.2) is 0 Å². The summed E-state index contributed by atoms with van der Waals surface area (Å²) in [4.78, 5) is 36.5. The second-order valence-electron chi connectivity index (χ2n) is 4.72. The van der Waals surface area contributed by atoms with Crippen molar-refractivity contribution in [3.63, 3.8) is 0 Å². The molecule has 0 fully saturated rings. The van der Waals surface area contributed by atoms with E-state index in [0.29, 0.717) is 0 Å². The van der Waals surface area contributed by atoms with Gasteiger partial charge in [-0.3, -0.25) is 9.13 Å². The summed E-state index contributed by atoms with van der Waals surface area (Å²) in [5.74, 6) is 0. The van der Waals surface area contributed by atoms with Gasteiger partial charge in [-0.05, 0) is 16.3 Å². The zero-order valence-electron chi connectivity index (χ0n) is 10.7. The SMILES string of the molecule is O=P(O)(O)C(O)(Cc1ccc2ccccc2c1)P(=O)(O)O. The third-order valence-electron chi connectivity index (χ3n) is 3.19. The van der Waals surface area contributed by atoms with E-state index in [9.17, 15) is 14.2 Å². The van der Waals surface area contributed by atoms with Gasteiger partial charge >= 0.3 is 15.2 Å². The predicted octanol–water partition coefficient (Wildman–Crippen LogP) is 1.38. The molecule has 0 saturated heterocycles. The second kappa shape index (κ2) is 5.30. The van der Waals surface area contributed by atoms with Crippen LogP contribution in [0.4, 0.5) is 0 Å². The topological polar surface area (TPSA) is 135 Å². The van der Waals surface area contributed by atoms with Crippen molar-refractivity contribution in [2.24, 2.45) is 0 Å². The third kappa shape index (κ3) is 3.10. The Balaban J connectivity index is 2.49. The van der Waals surface area contributed by atoms with Crippen LogP contribution in [0.5, 0.6) is 0 Å². The summed E-state index contributed by atoms with van der Waals surface area (Å²) in [5.41, 5.74) is 0.211. The Morgan fingerprint density at radius 3 is 1.90 bits per heavy atom. The Kier molecular flexibility index (Phi) is 4.12. The number of hydrogen-bond donors (Lipinski definition) is 5. The maximum atomic E-state index is 11.3. The Morgan fingerprint density at radius 1 is 0.857 bits per heavy atom. The average molecular weight is 332 g/mol. The van der Waals surface area contributed by atoms with Crippen LogP contribution in [0.25, 0.3) is 10.8 Å². The minimum absolute atomic E-state index is 0.211. The van der Waals surface area contributed by atoms with Crippen molar-refractivity contribution >= 4 is 26.0 Å². The van der Waals surface area contributed by atoms with Gasteiger partial charge in [-0.15, -0.1) is 0 Å². The lowest BCUT2D eigenvalue weighted by atomic mass is 10.1. The van der Waals surface area contributed by atoms with Gasteiger partial charge in [0.1, 0.15) is 0 Å². The smallest absolute Gasteiger partial charge is 0.367 e. The van der Waals surface area contributed by atoms with Crippen molar-refractivity contribution in [1.29, 1.82) is 0 Å². The maximum absolute atomic E-state index is 11.3. The van der Waals surface area contributed by atoms with Crippen LogP contribution in [-0.2, 0) is 15.6 Å². The van der Waals surface area contributed by atoms with Crippen LogP contribution in [0.15, 0.2) is 42.5 Å². The summed E-state index contributed by atoms with van der Waals surface area (Å²) in [6, 6.07) is 11.7. The van der Waals surface area contributed by atoms with Crippen LogP contribution in [-0.4, -0.2) is 29.8 Å². The number of fused-ring (bicyclic) bond motifs is 1. The zero-order valence-corrected chi connectivity index (χ0v) is 12.5. The van der Waals surface area contributed by atoms with E-state index in [2.05, 4.69) is 0 Å². The molecule has 2 rings (SSSR count). The molecule has 0 radical (unpaired) electrons. The number of aliphatic hydroxyl groups is 1. The quantitative estimate of drug-likeness (QED) is 0.534. The molecule has 0 aromatic heterocycles. The van der Waals surface area contributed by atoms with Crippen molar-refractivity contribution in [2.45, 2.75) is 11.5 Å². The molecule has 0 bridgehead atoms. The van der Waals surface area contributed by atoms with E-state index < -0.39 is 26.7 Å². The van der Waals surface area contributed by atoms with Crippen LogP contribution < -0.4 is 0 Å². The van der Waals surface area contributed by atoms with Gasteiger partial charge in [-0.2, -0.15) is 0 Å². The van der Waals surface area contributed by atoms with Gasteiger partial charge < -0.3 is 24.7 Å². The highest BCUT2D eigenvalue weighted by Gasteiger charge is 2.59. The fourth-order valence-electron chi connectivity index (χ4n) is 2.00. The van der Waals surface area contributed by atoms with Crippen LogP contribution in [0.2, 0.25) is 0 Å². The highest BCUT2D eigenvalue weighted by Crippen LogP contribution is 2.68. The lowest BCUT2D eigenvalue weighted by molar-refractivity contribution is 0.131. The van der Waals surface area contributed by atoms with Gasteiger partial charge in [-0.25, -0.2) is 0 Å². The molecule has 0 aliphatic carbocycles. The van der Waals surface area contributed by atoms with Crippen LogP contribution in [0.1, 0.15) is 5.56 Å². The first-order valence-electron chi connectivity index (χ1n) is 5.86. The maximum Gasteiger partial charge on any atom is 0.369 e. The molecule has 2 aromatic rings. The molecule has 2 aromatic carbocycles. The van der Waals surface area contributed by atoms with E-state index in [1.165, 1.54) is 12.1 Å². The molecule has 7 nitrogen and oxygen atoms in total. The average Bonchev–Trinajstić information content (AvgIpc) is 2.36. The summed E-state index contributed by atoms with van der Waals surface area (Å²) < 4.78 is 22.6. The van der Waals surface area contributed by atoms with Crippen molar-refractivity contribution < 1.29 is 33.8 Å². The van der Waals surface area contributed by atoms with E-state index >= 15 is 0 Å². The van der Waals surface area contributed by atoms with Crippen molar-refractivity contribution in [3.05, 3.63) is 48.0 Å². The first-order chi connectivity index (χ1) is 9.54. The first-order valence-corrected chi connectivity index (χ1v) is 9.08.